The Kier molecular flexibility index (Phi) is 5.07. The van der Waals surface area contributed by atoms with Gasteiger partial charge in [-0.05, 0) is 43.7 Å². The number of fused-ring (bicyclic) bond motifs is 3. The molecule has 0 atom stereocenters. The summed E-state index contributed by atoms with van der Waals surface area (Å²) in [5.41, 5.74) is 3.41. The maximum Gasteiger partial charge on any atom is 0.259 e. The van der Waals surface area contributed by atoms with E-state index < -0.39 is 0 Å². The molecule has 0 unspecified atom stereocenters. The molecule has 2 N–H and O–H groups in total. The second-order valence-corrected chi connectivity index (χ2v) is 8.25. The monoisotopic (exact) mass is 381 g/mol. The SMILES string of the molecule is Cc1ccc(CNC(=O)CCc2nc3sc4c(c3c(=O)[nH]2)CCCC4)cc1. The van der Waals surface area contributed by atoms with Crippen molar-refractivity contribution in [2.45, 2.75) is 52.0 Å². The molecule has 3 aromatic rings. The van der Waals surface area contributed by atoms with Crippen LogP contribution < -0.4 is 10.9 Å². The zero-order chi connectivity index (χ0) is 18.8. The van der Waals surface area contributed by atoms with Crippen LogP contribution in [0.2, 0.25) is 0 Å². The molecule has 5 nitrogen and oxygen atoms in total. The minimum Gasteiger partial charge on any atom is -0.352 e. The Morgan fingerprint density at radius 3 is 2.81 bits per heavy atom. The molecule has 27 heavy (non-hydrogen) atoms. The summed E-state index contributed by atoms with van der Waals surface area (Å²) in [7, 11) is 0. The summed E-state index contributed by atoms with van der Waals surface area (Å²) in [6, 6.07) is 8.10. The van der Waals surface area contributed by atoms with Gasteiger partial charge in [-0.25, -0.2) is 4.98 Å². The van der Waals surface area contributed by atoms with Crippen LogP contribution in [0.3, 0.4) is 0 Å². The number of carbonyl (C=O) groups excluding carboxylic acids is 1. The predicted molar refractivity (Wildman–Crippen MR) is 108 cm³/mol. The topological polar surface area (TPSA) is 74.8 Å². The number of carbonyl (C=O) groups is 1. The van der Waals surface area contributed by atoms with Gasteiger partial charge in [-0.2, -0.15) is 0 Å². The summed E-state index contributed by atoms with van der Waals surface area (Å²) in [6.45, 7) is 2.55. The van der Waals surface area contributed by atoms with E-state index in [2.05, 4.69) is 15.3 Å². The third-order valence-electron chi connectivity index (χ3n) is 5.07. The van der Waals surface area contributed by atoms with Crippen LogP contribution >= 0.6 is 11.3 Å². The van der Waals surface area contributed by atoms with Crippen LogP contribution in [0.1, 0.15) is 46.7 Å². The van der Waals surface area contributed by atoms with Crippen molar-refractivity contribution >= 4 is 27.5 Å². The van der Waals surface area contributed by atoms with Gasteiger partial charge in [0.15, 0.2) is 0 Å². The lowest BCUT2D eigenvalue weighted by molar-refractivity contribution is -0.121. The molecule has 1 aliphatic carbocycles. The van der Waals surface area contributed by atoms with Gasteiger partial charge in [-0.3, -0.25) is 9.59 Å². The average molecular weight is 382 g/mol. The highest BCUT2D eigenvalue weighted by Crippen LogP contribution is 2.33. The fourth-order valence-electron chi connectivity index (χ4n) is 3.55. The number of rotatable bonds is 5. The van der Waals surface area contributed by atoms with E-state index >= 15 is 0 Å². The molecular formula is C21H23N3O2S. The van der Waals surface area contributed by atoms with Crippen LogP contribution in [0.25, 0.3) is 10.2 Å². The molecular weight excluding hydrogens is 358 g/mol. The number of aryl methyl sites for hydroxylation is 4. The van der Waals surface area contributed by atoms with E-state index in [1.165, 1.54) is 22.4 Å². The van der Waals surface area contributed by atoms with E-state index in [0.29, 0.717) is 25.2 Å². The number of aromatic amines is 1. The van der Waals surface area contributed by atoms with E-state index in [0.717, 1.165) is 35.0 Å². The molecule has 140 valence electrons. The molecule has 0 radical (unpaired) electrons. The van der Waals surface area contributed by atoms with Crippen molar-refractivity contribution in [3.63, 3.8) is 0 Å². The van der Waals surface area contributed by atoms with Gasteiger partial charge in [0.2, 0.25) is 5.91 Å². The molecule has 0 fully saturated rings. The standard InChI is InChI=1S/C21H23N3O2S/c1-13-6-8-14(9-7-13)12-22-18(25)11-10-17-23-20(26)19-15-4-2-3-5-16(15)27-21(19)24-17/h6-9H,2-5,10-12H2,1H3,(H,22,25)(H,23,24,26). The summed E-state index contributed by atoms with van der Waals surface area (Å²) in [5, 5.41) is 3.69. The quantitative estimate of drug-likeness (QED) is 0.711. The van der Waals surface area contributed by atoms with Crippen LogP contribution in [0, 0.1) is 6.92 Å². The maximum atomic E-state index is 12.5. The number of amides is 1. The zero-order valence-corrected chi connectivity index (χ0v) is 16.2. The summed E-state index contributed by atoms with van der Waals surface area (Å²) >= 11 is 1.64. The minimum atomic E-state index is -0.0607. The van der Waals surface area contributed by atoms with Crippen molar-refractivity contribution < 1.29 is 4.79 Å². The summed E-state index contributed by atoms with van der Waals surface area (Å²) in [4.78, 5) is 34.3. The van der Waals surface area contributed by atoms with Crippen molar-refractivity contribution in [1.29, 1.82) is 0 Å². The minimum absolute atomic E-state index is 0.0382. The van der Waals surface area contributed by atoms with Gasteiger partial charge in [0.1, 0.15) is 10.7 Å². The first kappa shape index (κ1) is 17.9. The van der Waals surface area contributed by atoms with E-state index in [9.17, 15) is 9.59 Å². The number of thiophene rings is 1. The molecule has 0 bridgehead atoms. The summed E-state index contributed by atoms with van der Waals surface area (Å²) in [5.74, 6) is 0.556. The number of nitrogens with zero attached hydrogens (tertiary/aromatic N) is 1. The van der Waals surface area contributed by atoms with Crippen LogP contribution in [-0.4, -0.2) is 15.9 Å². The molecule has 0 saturated carbocycles. The highest BCUT2D eigenvalue weighted by atomic mass is 32.1. The normalized spacial score (nSPS) is 13.5. The predicted octanol–water partition coefficient (Wildman–Crippen LogP) is 3.42. The van der Waals surface area contributed by atoms with Gasteiger partial charge >= 0.3 is 0 Å². The lowest BCUT2D eigenvalue weighted by Gasteiger charge is -2.09. The van der Waals surface area contributed by atoms with Crippen LogP contribution in [0.5, 0.6) is 0 Å². The Labute approximate surface area is 161 Å². The molecule has 4 rings (SSSR count). The van der Waals surface area contributed by atoms with Crippen LogP contribution in [0.15, 0.2) is 29.1 Å². The second-order valence-electron chi connectivity index (χ2n) is 7.17. The first-order chi connectivity index (χ1) is 13.1. The Morgan fingerprint density at radius 1 is 1.22 bits per heavy atom. The Bertz CT molecular complexity index is 1030. The lowest BCUT2D eigenvalue weighted by atomic mass is 9.97. The number of H-pyrrole nitrogens is 1. The Hall–Kier alpha value is -2.47. The van der Waals surface area contributed by atoms with Crippen LogP contribution in [-0.2, 0) is 30.6 Å². The lowest BCUT2D eigenvalue weighted by Crippen LogP contribution is -2.23. The van der Waals surface area contributed by atoms with E-state index in [4.69, 9.17) is 0 Å². The highest BCUT2D eigenvalue weighted by Gasteiger charge is 2.19. The second kappa shape index (κ2) is 7.64. The molecule has 1 amide bonds. The van der Waals surface area contributed by atoms with Crippen molar-refractivity contribution in [2.75, 3.05) is 0 Å². The molecule has 0 aliphatic heterocycles. The summed E-state index contributed by atoms with van der Waals surface area (Å²) in [6.07, 6.45) is 5.10. The van der Waals surface area contributed by atoms with Gasteiger partial charge in [0.25, 0.3) is 5.56 Å². The smallest absolute Gasteiger partial charge is 0.259 e. The Morgan fingerprint density at radius 2 is 2.00 bits per heavy atom. The Balaban J connectivity index is 1.40. The molecule has 6 heteroatoms. The van der Waals surface area contributed by atoms with Crippen molar-refractivity contribution in [1.82, 2.24) is 15.3 Å². The first-order valence-electron chi connectivity index (χ1n) is 9.46. The van der Waals surface area contributed by atoms with Gasteiger partial charge < -0.3 is 10.3 Å². The van der Waals surface area contributed by atoms with E-state index in [1.54, 1.807) is 11.3 Å². The van der Waals surface area contributed by atoms with Crippen molar-refractivity contribution in [3.05, 3.63) is 62.0 Å². The highest BCUT2D eigenvalue weighted by molar-refractivity contribution is 7.18. The number of benzene rings is 1. The molecule has 2 aromatic heterocycles. The van der Waals surface area contributed by atoms with Gasteiger partial charge in [-0.1, -0.05) is 29.8 Å². The van der Waals surface area contributed by atoms with E-state index in [1.807, 2.05) is 31.2 Å². The molecule has 0 saturated heterocycles. The van der Waals surface area contributed by atoms with Gasteiger partial charge in [-0.15, -0.1) is 11.3 Å². The fourth-order valence-corrected chi connectivity index (χ4v) is 4.83. The molecule has 0 spiro atoms. The third-order valence-corrected chi connectivity index (χ3v) is 6.26. The maximum absolute atomic E-state index is 12.5. The molecule has 2 heterocycles. The largest absolute Gasteiger partial charge is 0.352 e. The van der Waals surface area contributed by atoms with Crippen molar-refractivity contribution in [3.8, 4) is 0 Å². The molecule has 1 aliphatic rings. The van der Waals surface area contributed by atoms with Gasteiger partial charge in [0.05, 0.1) is 5.39 Å². The summed E-state index contributed by atoms with van der Waals surface area (Å²) < 4.78 is 0. The molecule has 1 aromatic carbocycles. The zero-order valence-electron chi connectivity index (χ0n) is 15.4. The third kappa shape index (κ3) is 3.95. The first-order valence-corrected chi connectivity index (χ1v) is 10.3. The van der Waals surface area contributed by atoms with E-state index in [-0.39, 0.29) is 11.5 Å². The number of hydrogen-bond acceptors (Lipinski definition) is 4. The van der Waals surface area contributed by atoms with Gasteiger partial charge in [0, 0.05) is 24.3 Å². The number of nitrogens with one attached hydrogen (secondary N) is 2. The van der Waals surface area contributed by atoms with Crippen molar-refractivity contribution in [2.24, 2.45) is 0 Å². The average Bonchev–Trinajstić information content (AvgIpc) is 3.05. The fraction of sp³-hybridized carbons (Fsp3) is 0.381. The number of hydrogen-bond donors (Lipinski definition) is 2. The number of aromatic nitrogens is 2. The van der Waals surface area contributed by atoms with Crippen LogP contribution in [0.4, 0.5) is 0 Å².